The van der Waals surface area contributed by atoms with E-state index in [4.69, 9.17) is 14.2 Å². The van der Waals surface area contributed by atoms with Crippen LogP contribution in [0.4, 0.5) is 0 Å². The maximum atomic E-state index is 12.5. The van der Waals surface area contributed by atoms with Gasteiger partial charge in [0.2, 0.25) is 6.10 Å². The number of hydrogen-bond acceptors (Lipinski definition) is 7. The topological polar surface area (TPSA) is 99.1 Å². The van der Waals surface area contributed by atoms with Crippen LogP contribution < -0.4 is 0 Å². The molecule has 0 heterocycles. The van der Waals surface area contributed by atoms with Gasteiger partial charge in [-0.25, -0.2) is 4.79 Å². The normalized spacial score (nSPS) is 15.1. The molecule has 0 aromatic carbocycles. The van der Waals surface area contributed by atoms with Gasteiger partial charge in [0, 0.05) is 0 Å². The summed E-state index contributed by atoms with van der Waals surface area (Å²) in [6, 6.07) is 0. The van der Waals surface area contributed by atoms with Gasteiger partial charge in [0.1, 0.15) is 0 Å². The first-order valence-corrected chi connectivity index (χ1v) is 10.9. The third kappa shape index (κ3) is 10.4. The molecule has 30 heavy (non-hydrogen) atoms. The molecule has 3 atom stereocenters. The van der Waals surface area contributed by atoms with Gasteiger partial charge in [-0.05, 0) is 48.0 Å². The molecule has 0 rings (SSSR count). The average Bonchev–Trinajstić information content (AvgIpc) is 2.64. The summed E-state index contributed by atoms with van der Waals surface area (Å²) >= 11 is 0. The highest BCUT2D eigenvalue weighted by atomic mass is 16.6. The summed E-state index contributed by atoms with van der Waals surface area (Å²) in [4.78, 5) is 37.3. The lowest BCUT2D eigenvalue weighted by Gasteiger charge is -2.32. The summed E-state index contributed by atoms with van der Waals surface area (Å²) in [5, 5.41) is 10.8. The highest BCUT2D eigenvalue weighted by Crippen LogP contribution is 2.25. The number of esters is 3. The summed E-state index contributed by atoms with van der Waals surface area (Å²) in [5.41, 5.74) is -1.73. The van der Waals surface area contributed by atoms with Crippen molar-refractivity contribution in [3.05, 3.63) is 0 Å². The van der Waals surface area contributed by atoms with E-state index >= 15 is 0 Å². The molecular formula is C23H42O7. The molecule has 0 saturated carbocycles. The zero-order valence-corrected chi connectivity index (χ0v) is 20.1. The number of unbranched alkanes of at least 4 members (excludes halogenated alkanes) is 5. The van der Waals surface area contributed by atoms with Gasteiger partial charge in [-0.2, -0.15) is 0 Å². The highest BCUT2D eigenvalue weighted by molar-refractivity contribution is 5.83. The van der Waals surface area contributed by atoms with E-state index in [0.717, 1.165) is 32.8 Å². The van der Waals surface area contributed by atoms with Gasteiger partial charge in [0.25, 0.3) is 0 Å². The molecule has 0 amide bonds. The zero-order chi connectivity index (χ0) is 23.5. The second-order valence-corrected chi connectivity index (χ2v) is 9.84. The summed E-state index contributed by atoms with van der Waals surface area (Å²) in [6.07, 6.45) is 2.38. The molecule has 1 N–H and O–H groups in total. The van der Waals surface area contributed by atoms with Crippen LogP contribution in [0.15, 0.2) is 0 Å². The molecule has 176 valence electrons. The first-order chi connectivity index (χ1) is 13.8. The van der Waals surface area contributed by atoms with Crippen LogP contribution >= 0.6 is 0 Å². The van der Waals surface area contributed by atoms with Gasteiger partial charge in [0.15, 0.2) is 6.10 Å². The van der Waals surface area contributed by atoms with E-state index in [2.05, 4.69) is 6.92 Å². The number of ether oxygens (including phenoxy) is 3. The predicted octanol–water partition coefficient (Wildman–Crippen LogP) is 4.19. The van der Waals surface area contributed by atoms with E-state index in [9.17, 15) is 19.5 Å². The summed E-state index contributed by atoms with van der Waals surface area (Å²) in [7, 11) is 1.16. The molecule has 0 bridgehead atoms. The van der Waals surface area contributed by atoms with Crippen LogP contribution in [0.1, 0.15) is 93.4 Å². The molecule has 0 fully saturated rings. The molecule has 0 aliphatic carbocycles. The molecule has 0 aromatic rings. The van der Waals surface area contributed by atoms with Gasteiger partial charge in [-0.1, -0.05) is 45.4 Å². The van der Waals surface area contributed by atoms with Crippen molar-refractivity contribution in [3.8, 4) is 0 Å². The Bertz CT molecular complexity index is 543. The van der Waals surface area contributed by atoms with Crippen molar-refractivity contribution in [3.63, 3.8) is 0 Å². The highest BCUT2D eigenvalue weighted by Gasteiger charge is 2.43. The summed E-state index contributed by atoms with van der Waals surface area (Å²) < 4.78 is 15.7. The first kappa shape index (κ1) is 28.4. The lowest BCUT2D eigenvalue weighted by Crippen LogP contribution is -2.50. The molecular weight excluding hydrogens is 388 g/mol. The fraction of sp³-hybridized carbons (Fsp3) is 0.870. The van der Waals surface area contributed by atoms with Crippen LogP contribution in [0.3, 0.4) is 0 Å². The van der Waals surface area contributed by atoms with Crippen molar-refractivity contribution in [2.75, 3.05) is 7.11 Å². The molecule has 7 nitrogen and oxygen atoms in total. The molecule has 0 radical (unpaired) electrons. The predicted molar refractivity (Wildman–Crippen MR) is 115 cm³/mol. The SMILES string of the molecule is CCCCCCCC[C@@H](O)[C@H](OC(=O)C(C)(C)C)[C@@H](OC(=O)C(C)(C)C)C(=O)OC. The van der Waals surface area contributed by atoms with Crippen molar-refractivity contribution >= 4 is 17.9 Å². The van der Waals surface area contributed by atoms with Crippen LogP contribution in [0, 0.1) is 10.8 Å². The van der Waals surface area contributed by atoms with Crippen molar-refractivity contribution in [1.82, 2.24) is 0 Å². The van der Waals surface area contributed by atoms with E-state index in [1.165, 1.54) is 6.42 Å². The summed E-state index contributed by atoms with van der Waals surface area (Å²) in [5.74, 6) is -2.13. The Labute approximate surface area is 181 Å². The smallest absolute Gasteiger partial charge is 0.351 e. The fourth-order valence-electron chi connectivity index (χ4n) is 2.60. The van der Waals surface area contributed by atoms with Crippen LogP contribution in [-0.4, -0.2) is 48.4 Å². The number of aliphatic hydroxyl groups excluding tert-OH is 1. The Kier molecular flexibility index (Phi) is 12.2. The van der Waals surface area contributed by atoms with Crippen molar-refractivity contribution in [2.24, 2.45) is 10.8 Å². The minimum atomic E-state index is -1.54. The van der Waals surface area contributed by atoms with Crippen LogP contribution in [0.2, 0.25) is 0 Å². The maximum absolute atomic E-state index is 12.5. The number of aliphatic hydroxyl groups is 1. The third-order valence-corrected chi connectivity index (χ3v) is 4.67. The second kappa shape index (κ2) is 12.9. The molecule has 0 aliphatic rings. The number of carbonyl (C=O) groups is 3. The first-order valence-electron chi connectivity index (χ1n) is 10.9. The van der Waals surface area contributed by atoms with Gasteiger partial charge in [0.05, 0.1) is 24.0 Å². The van der Waals surface area contributed by atoms with Crippen molar-refractivity contribution in [2.45, 2.75) is 112 Å². The van der Waals surface area contributed by atoms with Gasteiger partial charge in [-0.15, -0.1) is 0 Å². The lowest BCUT2D eigenvalue weighted by atomic mass is 9.95. The monoisotopic (exact) mass is 430 g/mol. The fourth-order valence-corrected chi connectivity index (χ4v) is 2.60. The van der Waals surface area contributed by atoms with Crippen LogP contribution in [0.5, 0.6) is 0 Å². The van der Waals surface area contributed by atoms with Gasteiger partial charge >= 0.3 is 17.9 Å². The Balaban J connectivity index is 5.49. The Morgan fingerprint density at radius 3 is 1.73 bits per heavy atom. The number of carbonyl (C=O) groups excluding carboxylic acids is 3. The van der Waals surface area contributed by atoms with Gasteiger partial charge < -0.3 is 19.3 Å². The molecule has 0 aromatic heterocycles. The lowest BCUT2D eigenvalue weighted by molar-refractivity contribution is -0.196. The van der Waals surface area contributed by atoms with E-state index in [1.807, 2.05) is 0 Å². The zero-order valence-electron chi connectivity index (χ0n) is 20.1. The largest absolute Gasteiger partial charge is 0.466 e. The van der Waals surface area contributed by atoms with Crippen molar-refractivity contribution in [1.29, 1.82) is 0 Å². The Morgan fingerprint density at radius 2 is 1.27 bits per heavy atom. The summed E-state index contributed by atoms with van der Waals surface area (Å²) in [6.45, 7) is 12.1. The maximum Gasteiger partial charge on any atom is 0.351 e. The minimum Gasteiger partial charge on any atom is -0.466 e. The molecule has 0 saturated heterocycles. The number of rotatable bonds is 12. The average molecular weight is 431 g/mol. The van der Waals surface area contributed by atoms with E-state index < -0.39 is 47.0 Å². The second-order valence-electron chi connectivity index (χ2n) is 9.84. The third-order valence-electron chi connectivity index (χ3n) is 4.67. The molecule has 7 heteroatoms. The van der Waals surface area contributed by atoms with E-state index in [0.29, 0.717) is 12.8 Å². The minimum absolute atomic E-state index is 0.314. The molecule has 0 aliphatic heterocycles. The van der Waals surface area contributed by atoms with Crippen molar-refractivity contribution < 1.29 is 33.7 Å². The van der Waals surface area contributed by atoms with E-state index in [1.54, 1.807) is 41.5 Å². The Hall–Kier alpha value is -1.63. The van der Waals surface area contributed by atoms with E-state index in [-0.39, 0.29) is 0 Å². The number of hydrogen-bond donors (Lipinski definition) is 1. The van der Waals surface area contributed by atoms with Crippen LogP contribution in [-0.2, 0) is 28.6 Å². The standard InChI is InChI=1S/C23H42O7/c1-9-10-11-12-13-14-15-16(24)17(29-20(26)22(2,3)4)18(19(25)28-8)30-21(27)23(5,6)7/h16-18,24H,9-15H2,1-8H3/t16-,17+,18-/m1/s1. The Morgan fingerprint density at radius 1 is 0.800 bits per heavy atom. The van der Waals surface area contributed by atoms with Crippen LogP contribution in [0.25, 0.3) is 0 Å². The molecule has 0 unspecified atom stereocenters. The number of methoxy groups -OCH3 is 1. The quantitative estimate of drug-likeness (QED) is 0.281. The van der Waals surface area contributed by atoms with Gasteiger partial charge in [-0.3, -0.25) is 9.59 Å². The molecule has 0 spiro atoms.